The van der Waals surface area contributed by atoms with Crippen LogP contribution in [0.25, 0.3) is 6.08 Å². The van der Waals surface area contributed by atoms with Crippen molar-refractivity contribution in [1.82, 2.24) is 0 Å². The SMILES string of the molecule is O=C(/C=C/c1ccc(OCc2ccccc2)cc1)c1ccc(OC(F)(F)F)cc1. The Morgan fingerprint density at radius 1 is 0.828 bits per heavy atom. The zero-order chi connectivity index (χ0) is 20.7. The van der Waals surface area contributed by atoms with Crippen molar-refractivity contribution in [3.8, 4) is 11.5 Å². The quantitative estimate of drug-likeness (QED) is 0.358. The molecule has 0 saturated carbocycles. The molecule has 0 aliphatic rings. The Morgan fingerprint density at radius 2 is 1.45 bits per heavy atom. The Hall–Kier alpha value is -3.54. The van der Waals surface area contributed by atoms with Crippen LogP contribution in [0.4, 0.5) is 13.2 Å². The number of halogens is 3. The molecule has 148 valence electrons. The van der Waals surface area contributed by atoms with Gasteiger partial charge in [-0.25, -0.2) is 0 Å². The van der Waals surface area contributed by atoms with E-state index in [1.807, 2.05) is 42.5 Å². The lowest BCUT2D eigenvalue weighted by molar-refractivity contribution is -0.274. The van der Waals surface area contributed by atoms with Crippen LogP contribution in [-0.4, -0.2) is 12.1 Å². The van der Waals surface area contributed by atoms with Crippen LogP contribution in [0.5, 0.6) is 11.5 Å². The van der Waals surface area contributed by atoms with E-state index >= 15 is 0 Å². The molecule has 0 unspecified atom stereocenters. The summed E-state index contributed by atoms with van der Waals surface area (Å²) >= 11 is 0. The Labute approximate surface area is 166 Å². The van der Waals surface area contributed by atoms with Gasteiger partial charge < -0.3 is 9.47 Å². The summed E-state index contributed by atoms with van der Waals surface area (Å²) in [6, 6.07) is 21.8. The predicted octanol–water partition coefficient (Wildman–Crippen LogP) is 6.06. The molecule has 0 radical (unpaired) electrons. The fraction of sp³-hybridized carbons (Fsp3) is 0.0870. The second-order valence-corrected chi connectivity index (χ2v) is 6.11. The maximum Gasteiger partial charge on any atom is 0.573 e. The first-order chi connectivity index (χ1) is 13.9. The second kappa shape index (κ2) is 9.10. The van der Waals surface area contributed by atoms with E-state index in [-0.39, 0.29) is 17.1 Å². The van der Waals surface area contributed by atoms with Crippen molar-refractivity contribution in [2.45, 2.75) is 13.0 Å². The molecule has 6 heteroatoms. The van der Waals surface area contributed by atoms with Crippen LogP contribution >= 0.6 is 0 Å². The number of benzene rings is 3. The van der Waals surface area contributed by atoms with Gasteiger partial charge in [0.15, 0.2) is 5.78 Å². The summed E-state index contributed by atoms with van der Waals surface area (Å²) in [6.45, 7) is 0.461. The fourth-order valence-electron chi connectivity index (χ4n) is 2.51. The first kappa shape index (κ1) is 20.2. The van der Waals surface area contributed by atoms with Gasteiger partial charge in [0.1, 0.15) is 18.1 Å². The zero-order valence-corrected chi connectivity index (χ0v) is 15.2. The topological polar surface area (TPSA) is 35.5 Å². The number of carbonyl (C=O) groups is 1. The van der Waals surface area contributed by atoms with E-state index < -0.39 is 6.36 Å². The van der Waals surface area contributed by atoms with E-state index in [0.29, 0.717) is 12.4 Å². The van der Waals surface area contributed by atoms with E-state index in [2.05, 4.69) is 4.74 Å². The van der Waals surface area contributed by atoms with Gasteiger partial charge in [0.2, 0.25) is 0 Å². The minimum Gasteiger partial charge on any atom is -0.489 e. The third-order valence-electron chi connectivity index (χ3n) is 3.93. The average molecular weight is 398 g/mol. The van der Waals surface area contributed by atoms with E-state index in [4.69, 9.17) is 4.74 Å². The van der Waals surface area contributed by atoms with E-state index in [0.717, 1.165) is 23.3 Å². The number of rotatable bonds is 7. The Balaban J connectivity index is 1.55. The maximum absolute atomic E-state index is 12.2. The monoisotopic (exact) mass is 398 g/mol. The highest BCUT2D eigenvalue weighted by molar-refractivity contribution is 6.06. The number of hydrogen-bond donors (Lipinski definition) is 0. The van der Waals surface area contributed by atoms with Gasteiger partial charge in [-0.1, -0.05) is 48.5 Å². The summed E-state index contributed by atoms with van der Waals surface area (Å²) < 4.78 is 46.0. The molecule has 3 rings (SSSR count). The standard InChI is InChI=1S/C23H17F3O3/c24-23(25,26)29-21-13-9-19(10-14-21)22(27)15-8-17-6-11-20(12-7-17)28-16-18-4-2-1-3-5-18/h1-15H,16H2/b15-8+. The molecule has 3 aromatic carbocycles. The first-order valence-corrected chi connectivity index (χ1v) is 8.74. The van der Waals surface area contributed by atoms with E-state index in [9.17, 15) is 18.0 Å². The van der Waals surface area contributed by atoms with Crippen LogP contribution in [0.1, 0.15) is 21.5 Å². The van der Waals surface area contributed by atoms with E-state index in [1.165, 1.54) is 18.2 Å². The average Bonchev–Trinajstić information content (AvgIpc) is 2.71. The van der Waals surface area contributed by atoms with Crippen molar-refractivity contribution in [1.29, 1.82) is 0 Å². The molecule has 3 aromatic rings. The van der Waals surface area contributed by atoms with Gasteiger partial charge in [0.05, 0.1) is 0 Å². The summed E-state index contributed by atoms with van der Waals surface area (Å²) in [4.78, 5) is 12.2. The lowest BCUT2D eigenvalue weighted by atomic mass is 10.1. The summed E-state index contributed by atoms with van der Waals surface area (Å²) in [7, 11) is 0. The van der Waals surface area contributed by atoms with Crippen LogP contribution < -0.4 is 9.47 Å². The summed E-state index contributed by atoms with van der Waals surface area (Å²) in [5, 5.41) is 0. The first-order valence-electron chi connectivity index (χ1n) is 8.74. The number of carbonyl (C=O) groups excluding carboxylic acids is 1. The number of allylic oxidation sites excluding steroid dienone is 1. The number of ketones is 1. The highest BCUT2D eigenvalue weighted by atomic mass is 19.4. The van der Waals surface area contributed by atoms with Gasteiger partial charge in [-0.15, -0.1) is 13.2 Å². The summed E-state index contributed by atoms with van der Waals surface area (Å²) in [5.41, 5.74) is 2.12. The molecule has 0 amide bonds. The normalized spacial score (nSPS) is 11.4. The second-order valence-electron chi connectivity index (χ2n) is 6.11. The molecule has 0 heterocycles. The highest BCUT2D eigenvalue weighted by Crippen LogP contribution is 2.23. The molecule has 0 spiro atoms. The fourth-order valence-corrected chi connectivity index (χ4v) is 2.51. The number of ether oxygens (including phenoxy) is 2. The van der Waals surface area contributed by atoms with Gasteiger partial charge in [-0.3, -0.25) is 4.79 Å². The molecule has 0 atom stereocenters. The lowest BCUT2D eigenvalue weighted by Crippen LogP contribution is -2.17. The predicted molar refractivity (Wildman–Crippen MR) is 104 cm³/mol. The largest absolute Gasteiger partial charge is 0.573 e. The molecule has 0 bridgehead atoms. The van der Waals surface area contributed by atoms with Crippen LogP contribution in [-0.2, 0) is 6.61 Å². The minimum atomic E-state index is -4.76. The number of hydrogen-bond acceptors (Lipinski definition) is 3. The molecular weight excluding hydrogens is 381 g/mol. The van der Waals surface area contributed by atoms with Crippen molar-refractivity contribution in [3.05, 3.63) is 102 Å². The Bertz CT molecular complexity index is 961. The molecule has 0 aliphatic heterocycles. The molecule has 0 aliphatic carbocycles. The van der Waals surface area contributed by atoms with Crippen molar-refractivity contribution in [2.75, 3.05) is 0 Å². The van der Waals surface area contributed by atoms with Crippen LogP contribution in [0.15, 0.2) is 84.9 Å². The number of alkyl halides is 3. The smallest absolute Gasteiger partial charge is 0.489 e. The van der Waals surface area contributed by atoms with Crippen molar-refractivity contribution < 1.29 is 27.4 Å². The van der Waals surface area contributed by atoms with Gasteiger partial charge in [0.25, 0.3) is 0 Å². The summed E-state index contributed by atoms with van der Waals surface area (Å²) in [6.07, 6.45) is -1.77. The van der Waals surface area contributed by atoms with Gasteiger partial charge in [0, 0.05) is 5.56 Å². The Morgan fingerprint density at radius 3 is 2.07 bits per heavy atom. The van der Waals surface area contributed by atoms with Crippen LogP contribution in [0, 0.1) is 0 Å². The molecule has 0 aromatic heterocycles. The van der Waals surface area contributed by atoms with Gasteiger partial charge in [-0.05, 0) is 53.6 Å². The van der Waals surface area contributed by atoms with Gasteiger partial charge in [-0.2, -0.15) is 0 Å². The molecule has 3 nitrogen and oxygen atoms in total. The summed E-state index contributed by atoms with van der Waals surface area (Å²) in [5.74, 6) is 0.00895. The van der Waals surface area contributed by atoms with Gasteiger partial charge >= 0.3 is 6.36 Å². The van der Waals surface area contributed by atoms with Crippen molar-refractivity contribution in [2.24, 2.45) is 0 Å². The van der Waals surface area contributed by atoms with Crippen LogP contribution in [0.2, 0.25) is 0 Å². The molecule has 0 N–H and O–H groups in total. The molecule has 0 saturated heterocycles. The van der Waals surface area contributed by atoms with Crippen molar-refractivity contribution in [3.63, 3.8) is 0 Å². The molecular formula is C23H17F3O3. The third kappa shape index (κ3) is 6.53. The Kier molecular flexibility index (Phi) is 6.34. The van der Waals surface area contributed by atoms with Crippen molar-refractivity contribution >= 4 is 11.9 Å². The minimum absolute atomic E-state index is 0.263. The molecule has 29 heavy (non-hydrogen) atoms. The zero-order valence-electron chi connectivity index (χ0n) is 15.2. The van der Waals surface area contributed by atoms with E-state index in [1.54, 1.807) is 18.2 Å². The van der Waals surface area contributed by atoms with Crippen LogP contribution in [0.3, 0.4) is 0 Å². The highest BCUT2D eigenvalue weighted by Gasteiger charge is 2.30. The molecule has 0 fully saturated rings. The maximum atomic E-state index is 12.2. The third-order valence-corrected chi connectivity index (χ3v) is 3.93. The lowest BCUT2D eigenvalue weighted by Gasteiger charge is -2.08.